The van der Waals surface area contributed by atoms with Crippen molar-refractivity contribution in [3.63, 3.8) is 0 Å². The van der Waals surface area contributed by atoms with Crippen molar-refractivity contribution in [3.05, 3.63) is 57.0 Å². The minimum absolute atomic E-state index is 0.234. The van der Waals surface area contributed by atoms with Gasteiger partial charge in [-0.3, -0.25) is 9.69 Å². The Labute approximate surface area is 173 Å². The first kappa shape index (κ1) is 19.1. The van der Waals surface area contributed by atoms with Gasteiger partial charge in [-0.2, -0.15) is 0 Å². The number of hydrogen-bond acceptors (Lipinski definition) is 6. The van der Waals surface area contributed by atoms with Crippen LogP contribution in [-0.2, 0) is 17.8 Å². The lowest BCUT2D eigenvalue weighted by Gasteiger charge is -2.34. The lowest BCUT2D eigenvalue weighted by molar-refractivity contribution is -0.132. The summed E-state index contributed by atoms with van der Waals surface area (Å²) < 4.78 is 5.21. The van der Waals surface area contributed by atoms with Gasteiger partial charge in [0.25, 0.3) is 0 Å². The minimum atomic E-state index is 0.234. The Morgan fingerprint density at radius 2 is 1.89 bits per heavy atom. The van der Waals surface area contributed by atoms with E-state index in [2.05, 4.69) is 10.3 Å². The molecule has 0 spiro atoms. The van der Waals surface area contributed by atoms with E-state index < -0.39 is 0 Å². The van der Waals surface area contributed by atoms with Crippen LogP contribution in [0.1, 0.15) is 9.88 Å². The molecule has 3 heterocycles. The third kappa shape index (κ3) is 4.60. The average molecular weight is 414 g/mol. The summed E-state index contributed by atoms with van der Waals surface area (Å²) in [5.74, 6) is 1.09. The molecule has 7 heteroatoms. The van der Waals surface area contributed by atoms with Crippen molar-refractivity contribution in [2.75, 3.05) is 33.3 Å². The fourth-order valence-electron chi connectivity index (χ4n) is 3.30. The summed E-state index contributed by atoms with van der Waals surface area (Å²) in [4.78, 5) is 22.7. The van der Waals surface area contributed by atoms with Crippen molar-refractivity contribution in [2.45, 2.75) is 13.0 Å². The molecule has 5 nitrogen and oxygen atoms in total. The van der Waals surface area contributed by atoms with E-state index in [-0.39, 0.29) is 5.91 Å². The molecule has 0 unspecified atom stereocenters. The molecule has 1 aliphatic rings. The Balaban J connectivity index is 1.29. The van der Waals surface area contributed by atoms with Crippen molar-refractivity contribution in [1.82, 2.24) is 14.8 Å². The molecular formula is C21H23N3O2S2. The van der Waals surface area contributed by atoms with Crippen LogP contribution in [0.2, 0.25) is 0 Å². The molecule has 0 bridgehead atoms. The average Bonchev–Trinajstić information content (AvgIpc) is 3.41. The van der Waals surface area contributed by atoms with Crippen molar-refractivity contribution in [3.8, 4) is 17.0 Å². The maximum absolute atomic E-state index is 12.4. The van der Waals surface area contributed by atoms with Crippen molar-refractivity contribution < 1.29 is 9.53 Å². The number of carbonyl (C=O) groups is 1. The number of nitrogens with zero attached hydrogens (tertiary/aromatic N) is 3. The SMILES string of the molecule is COc1ccc(-c2csc(CN3CCN(C(=O)Cc4cccs4)CC3)n2)cc1. The normalized spacial score (nSPS) is 15.0. The third-order valence-electron chi connectivity index (χ3n) is 4.93. The monoisotopic (exact) mass is 413 g/mol. The summed E-state index contributed by atoms with van der Waals surface area (Å²) >= 11 is 3.34. The highest BCUT2D eigenvalue weighted by molar-refractivity contribution is 7.10. The highest BCUT2D eigenvalue weighted by atomic mass is 32.1. The first-order valence-electron chi connectivity index (χ1n) is 9.32. The van der Waals surface area contributed by atoms with Crippen LogP contribution in [0.4, 0.5) is 0 Å². The molecule has 3 aromatic rings. The largest absolute Gasteiger partial charge is 0.497 e. The van der Waals surface area contributed by atoms with Crippen LogP contribution in [-0.4, -0.2) is 54.0 Å². The van der Waals surface area contributed by atoms with Crippen LogP contribution < -0.4 is 4.74 Å². The van der Waals surface area contributed by atoms with E-state index in [4.69, 9.17) is 9.72 Å². The van der Waals surface area contributed by atoms with E-state index in [0.29, 0.717) is 6.42 Å². The Hall–Kier alpha value is -2.22. The van der Waals surface area contributed by atoms with Crippen LogP contribution in [0.15, 0.2) is 47.2 Å². The van der Waals surface area contributed by atoms with Gasteiger partial charge in [0.2, 0.25) is 5.91 Å². The fraction of sp³-hybridized carbons (Fsp3) is 0.333. The van der Waals surface area contributed by atoms with Crippen LogP contribution in [0.25, 0.3) is 11.3 Å². The van der Waals surface area contributed by atoms with E-state index in [1.807, 2.05) is 46.7 Å². The molecule has 146 valence electrons. The smallest absolute Gasteiger partial charge is 0.227 e. The van der Waals surface area contributed by atoms with Crippen LogP contribution in [0.5, 0.6) is 5.75 Å². The molecule has 1 fully saturated rings. The van der Waals surface area contributed by atoms with Gasteiger partial charge < -0.3 is 9.64 Å². The predicted octanol–water partition coefficient (Wildman–Crippen LogP) is 3.77. The second-order valence-corrected chi connectivity index (χ2v) is 8.74. The molecule has 28 heavy (non-hydrogen) atoms. The maximum Gasteiger partial charge on any atom is 0.227 e. The summed E-state index contributed by atoms with van der Waals surface area (Å²) in [6, 6.07) is 12.0. The van der Waals surface area contributed by atoms with E-state index >= 15 is 0 Å². The molecule has 4 rings (SSSR count). The molecule has 0 radical (unpaired) electrons. The van der Waals surface area contributed by atoms with E-state index in [0.717, 1.165) is 59.6 Å². The van der Waals surface area contributed by atoms with Crippen molar-refractivity contribution >= 4 is 28.6 Å². The first-order chi connectivity index (χ1) is 13.7. The van der Waals surface area contributed by atoms with Gasteiger partial charge in [0.15, 0.2) is 0 Å². The minimum Gasteiger partial charge on any atom is -0.497 e. The molecule has 1 aliphatic heterocycles. The molecule has 1 aromatic carbocycles. The van der Waals surface area contributed by atoms with Gasteiger partial charge in [0.05, 0.1) is 25.8 Å². The van der Waals surface area contributed by atoms with Gasteiger partial charge in [-0.1, -0.05) is 6.07 Å². The lowest BCUT2D eigenvalue weighted by Crippen LogP contribution is -2.48. The highest BCUT2D eigenvalue weighted by Gasteiger charge is 2.22. The van der Waals surface area contributed by atoms with E-state index in [9.17, 15) is 4.79 Å². The number of piperazine rings is 1. The Morgan fingerprint density at radius 3 is 2.57 bits per heavy atom. The number of methoxy groups -OCH3 is 1. The number of rotatable bonds is 6. The number of amides is 1. The molecule has 2 aromatic heterocycles. The maximum atomic E-state index is 12.4. The van der Waals surface area contributed by atoms with Crippen LogP contribution >= 0.6 is 22.7 Å². The number of thiazole rings is 1. The summed E-state index contributed by atoms with van der Waals surface area (Å²) in [5.41, 5.74) is 2.11. The molecule has 0 atom stereocenters. The van der Waals surface area contributed by atoms with E-state index in [1.165, 1.54) is 0 Å². The van der Waals surface area contributed by atoms with Crippen molar-refractivity contribution in [2.24, 2.45) is 0 Å². The Kier molecular flexibility index (Phi) is 6.04. The number of carbonyl (C=O) groups excluding carboxylic acids is 1. The van der Waals surface area contributed by atoms with Crippen molar-refractivity contribution in [1.29, 1.82) is 0 Å². The number of ether oxygens (including phenoxy) is 1. The fourth-order valence-corrected chi connectivity index (χ4v) is 4.84. The Morgan fingerprint density at radius 1 is 1.11 bits per heavy atom. The standard InChI is InChI=1S/C21H23N3O2S2/c1-26-17-6-4-16(5-7-17)19-15-28-20(22-19)14-23-8-10-24(11-9-23)21(25)13-18-3-2-12-27-18/h2-7,12,15H,8-11,13-14H2,1H3. The molecule has 0 aliphatic carbocycles. The summed E-state index contributed by atoms with van der Waals surface area (Å²) in [6.07, 6.45) is 0.523. The lowest BCUT2D eigenvalue weighted by atomic mass is 10.2. The Bertz CT molecular complexity index is 898. The molecule has 0 saturated carbocycles. The number of thiophene rings is 1. The van der Waals surface area contributed by atoms with Gasteiger partial charge in [0, 0.05) is 42.0 Å². The zero-order chi connectivity index (χ0) is 19.3. The molecule has 0 N–H and O–H groups in total. The third-order valence-corrected chi connectivity index (χ3v) is 6.64. The highest BCUT2D eigenvalue weighted by Crippen LogP contribution is 2.25. The molecular weight excluding hydrogens is 390 g/mol. The van der Waals surface area contributed by atoms with Gasteiger partial charge in [0.1, 0.15) is 10.8 Å². The zero-order valence-electron chi connectivity index (χ0n) is 15.8. The first-order valence-corrected chi connectivity index (χ1v) is 11.1. The van der Waals surface area contributed by atoms with Gasteiger partial charge >= 0.3 is 0 Å². The van der Waals surface area contributed by atoms with E-state index in [1.54, 1.807) is 29.8 Å². The molecule has 1 saturated heterocycles. The number of hydrogen-bond donors (Lipinski definition) is 0. The predicted molar refractivity (Wildman–Crippen MR) is 114 cm³/mol. The second kappa shape index (κ2) is 8.86. The van der Waals surface area contributed by atoms with Gasteiger partial charge in [-0.25, -0.2) is 4.98 Å². The van der Waals surface area contributed by atoms with Gasteiger partial charge in [-0.05, 0) is 35.7 Å². The summed E-state index contributed by atoms with van der Waals surface area (Å²) in [6.45, 7) is 4.22. The molecule has 1 amide bonds. The topological polar surface area (TPSA) is 45.7 Å². The number of aromatic nitrogens is 1. The number of benzene rings is 1. The zero-order valence-corrected chi connectivity index (χ0v) is 17.5. The van der Waals surface area contributed by atoms with Crippen LogP contribution in [0.3, 0.4) is 0 Å². The quantitative estimate of drug-likeness (QED) is 0.617. The second-order valence-electron chi connectivity index (χ2n) is 6.77. The van der Waals surface area contributed by atoms with Crippen LogP contribution in [0, 0.1) is 0 Å². The summed E-state index contributed by atoms with van der Waals surface area (Å²) in [5, 5.41) is 5.25. The van der Waals surface area contributed by atoms with Gasteiger partial charge in [-0.15, -0.1) is 22.7 Å². The summed E-state index contributed by atoms with van der Waals surface area (Å²) in [7, 11) is 1.67.